The van der Waals surface area contributed by atoms with Gasteiger partial charge in [-0.3, -0.25) is 48.5 Å². The van der Waals surface area contributed by atoms with E-state index in [1.165, 1.54) is 19.2 Å². The van der Waals surface area contributed by atoms with Gasteiger partial charge in [-0.25, -0.2) is 29.3 Å². The van der Waals surface area contributed by atoms with Crippen molar-refractivity contribution in [2.75, 3.05) is 141 Å². The van der Waals surface area contributed by atoms with Crippen molar-refractivity contribution in [1.82, 2.24) is 104 Å². The molecule has 768 valence electrons. The Kier molecular flexibility index (Phi) is 37.4. The highest BCUT2D eigenvalue weighted by Crippen LogP contribution is 2.41. The number of aryl methyl sites for hydroxylation is 6. The van der Waals surface area contributed by atoms with Gasteiger partial charge < -0.3 is 72.9 Å². The first-order chi connectivity index (χ1) is 70.5. The van der Waals surface area contributed by atoms with E-state index < -0.39 is 0 Å². The molecule has 19 rings (SSSR count). The van der Waals surface area contributed by atoms with E-state index in [4.69, 9.17) is 58.2 Å². The third-order valence-corrected chi connectivity index (χ3v) is 25.7. The third-order valence-electron chi connectivity index (χ3n) is 25.7. The lowest BCUT2D eigenvalue weighted by atomic mass is 10.1. The van der Waals surface area contributed by atoms with Gasteiger partial charge in [-0.1, -0.05) is 13.8 Å². The molecule has 35 nitrogen and oxygen atoms in total. The Morgan fingerprint density at radius 1 is 0.401 bits per heavy atom. The molecular weight excluding hydrogens is 1900 g/mol. The number of fused-ring (bicyclic) bond motifs is 4. The lowest BCUT2D eigenvalue weighted by Gasteiger charge is -2.30. The molecule has 0 spiro atoms. The van der Waals surface area contributed by atoms with E-state index in [1.807, 2.05) is 163 Å². The van der Waals surface area contributed by atoms with E-state index in [2.05, 4.69) is 141 Å². The molecule has 0 unspecified atom stereocenters. The molecule has 38 heteroatoms. The standard InChI is InChI=1S/2C28H31N7O2.C27H31FN6O2.C26H32N6O3.2H2S/c1-19-17-34(20(2)31-19)9-6-10-35(23-11-24(36-4)14-25(12-23)37-5)22-7-8-26-27(13-22)32-28(16-29-26)21-15-30-33(3)18-21;1-33-19-20(17-31-33)28-18-30-26-7-6-22(15-27(26)32-28)35(12-11-34-10-4-5-21(34)8-9-29)23-13-24(36-2)16-25(14-23)37-3;1-32-17-19(15-30-32)27-16-29-25-7-6-21(14-26(25)31-27)34(23-11-20(28)12-24(13-23)36-2)10-4-9-33-8-3-5-22(33)18-35;1-18(2)27-7-8-32(21-11-22(34-3)14-23(12-21)35-4)20-5-6-24-25(13-20)30-26(16-28-24)19-15-29-31(17-19)9-10-33;;/h7-8,11-18H,6,9-10H2,1-5H3;6-7,13-19,21H,4-5,8,10-12H2,1-3H3;6-7,11-17,22,35H,3-5,8-10,18H2,1-2H3;5-6,11-18,27,33H,7-10H2,1-4H3;2*1H2/t;21-;22-;;;/m.00.../s1. The Balaban J connectivity index is 0.000000154. The molecule has 0 radical (unpaired) electrons. The second-order valence-electron chi connectivity index (χ2n) is 36.0. The number of likely N-dealkylation sites (tertiary alicyclic amines) is 2. The van der Waals surface area contributed by atoms with Crippen LogP contribution in [0.15, 0.2) is 226 Å². The molecule has 0 saturated carbocycles. The van der Waals surface area contributed by atoms with Gasteiger partial charge in [0.05, 0.1) is 204 Å². The van der Waals surface area contributed by atoms with Crippen LogP contribution >= 0.6 is 27.0 Å². The summed E-state index contributed by atoms with van der Waals surface area (Å²) in [6.07, 6.45) is 30.6. The third kappa shape index (κ3) is 27.4. The molecule has 9 aromatic heterocycles. The quantitative estimate of drug-likeness (QED) is 0.0323. The average molecular weight is 2030 g/mol. The summed E-state index contributed by atoms with van der Waals surface area (Å²) < 4.78 is 62.2. The molecule has 2 aliphatic rings. The molecule has 3 N–H and O–H groups in total. The van der Waals surface area contributed by atoms with Gasteiger partial charge in [0.25, 0.3) is 0 Å². The Bertz CT molecular complexity index is 7230. The van der Waals surface area contributed by atoms with Gasteiger partial charge in [0, 0.05) is 257 Å². The first-order valence-electron chi connectivity index (χ1n) is 48.6. The maximum absolute atomic E-state index is 14.5. The highest BCUT2D eigenvalue weighted by molar-refractivity contribution is 7.59. The molecule has 2 fully saturated rings. The molecule has 2 aliphatic heterocycles. The van der Waals surface area contributed by atoms with Crippen LogP contribution in [0.2, 0.25) is 0 Å². The second-order valence-corrected chi connectivity index (χ2v) is 36.0. The summed E-state index contributed by atoms with van der Waals surface area (Å²) in [5.41, 5.74) is 21.6. The van der Waals surface area contributed by atoms with Crippen molar-refractivity contribution < 1.29 is 47.8 Å². The van der Waals surface area contributed by atoms with E-state index >= 15 is 0 Å². The number of anilines is 8. The van der Waals surface area contributed by atoms with Crippen molar-refractivity contribution in [3.63, 3.8) is 0 Å². The summed E-state index contributed by atoms with van der Waals surface area (Å²) >= 11 is 0. The minimum atomic E-state index is -0.353. The van der Waals surface area contributed by atoms with Crippen LogP contribution in [-0.2, 0) is 34.2 Å². The number of nitrogens with one attached hydrogen (secondary N) is 1. The zero-order valence-corrected chi connectivity index (χ0v) is 87.5. The highest BCUT2D eigenvalue weighted by atomic mass is 32.1. The number of ether oxygens (including phenoxy) is 7. The monoisotopic (exact) mass is 2030 g/mol. The van der Waals surface area contributed by atoms with Crippen molar-refractivity contribution in [3.05, 3.63) is 243 Å². The smallest absolute Gasteiger partial charge is 0.128 e. The number of imidazole rings is 1. The minimum absolute atomic E-state index is 0. The topological polar surface area (TPSA) is 353 Å². The predicted molar refractivity (Wildman–Crippen MR) is 584 cm³/mol. The minimum Gasteiger partial charge on any atom is -0.497 e. The molecule has 17 aromatic rings. The summed E-state index contributed by atoms with van der Waals surface area (Å²) in [4.78, 5) is 56.1. The molecule has 0 amide bonds. The fourth-order valence-electron chi connectivity index (χ4n) is 18.2. The van der Waals surface area contributed by atoms with Crippen molar-refractivity contribution in [2.24, 2.45) is 21.1 Å². The van der Waals surface area contributed by atoms with E-state index in [0.29, 0.717) is 43.0 Å². The first-order valence-corrected chi connectivity index (χ1v) is 48.6. The molecule has 11 heterocycles. The average Bonchev–Trinajstić information content (AvgIpc) is 1.79. The number of methoxy groups -OCH3 is 7. The molecule has 8 aromatic carbocycles. The van der Waals surface area contributed by atoms with Gasteiger partial charge in [0.2, 0.25) is 0 Å². The fourth-order valence-corrected chi connectivity index (χ4v) is 18.2. The number of hydrogen-bond donors (Lipinski definition) is 3. The van der Waals surface area contributed by atoms with E-state index in [9.17, 15) is 14.8 Å². The molecule has 0 aliphatic carbocycles. The zero-order valence-electron chi connectivity index (χ0n) is 85.5. The fraction of sp³-hybridized carbons (Fsp3) is 0.339. The largest absolute Gasteiger partial charge is 0.497 e. The predicted octanol–water partition coefficient (Wildman–Crippen LogP) is 17.7. The Hall–Kier alpha value is -15.1. The molecule has 147 heavy (non-hydrogen) atoms. The normalized spacial score (nSPS) is 13.3. The first kappa shape index (κ1) is 108. The van der Waals surface area contributed by atoms with Crippen LogP contribution in [0.3, 0.4) is 0 Å². The Morgan fingerprint density at radius 3 is 1.12 bits per heavy atom. The number of rotatable bonds is 38. The highest BCUT2D eigenvalue weighted by Gasteiger charge is 2.29. The number of halogens is 1. The summed E-state index contributed by atoms with van der Waals surface area (Å²) in [7, 11) is 17.1. The number of aliphatic hydroxyl groups excluding tert-OH is 2. The van der Waals surface area contributed by atoms with Crippen molar-refractivity contribution >= 4 is 117 Å². The molecule has 2 atom stereocenters. The van der Waals surface area contributed by atoms with E-state index in [0.717, 1.165) is 272 Å². The van der Waals surface area contributed by atoms with Crippen LogP contribution in [0, 0.1) is 31.0 Å². The summed E-state index contributed by atoms with van der Waals surface area (Å²) in [6, 6.07) is 50.1. The Labute approximate surface area is 869 Å². The molecule has 2 saturated heterocycles. The lowest BCUT2D eigenvalue weighted by Crippen LogP contribution is -2.36. The zero-order chi connectivity index (χ0) is 102. The van der Waals surface area contributed by atoms with Gasteiger partial charge in [0.1, 0.15) is 51.9 Å². The van der Waals surface area contributed by atoms with Gasteiger partial charge in [-0.2, -0.15) is 52.6 Å². The summed E-state index contributed by atoms with van der Waals surface area (Å²) in [5, 5.41) is 48.6. The van der Waals surface area contributed by atoms with E-state index in [-0.39, 0.29) is 52.1 Å². The van der Waals surface area contributed by atoms with Crippen LogP contribution in [0.4, 0.5) is 49.9 Å². The number of nitrogens with zero attached hydrogens (tertiary/aromatic N) is 25. The van der Waals surface area contributed by atoms with Gasteiger partial charge in [-0.05, 0) is 144 Å². The van der Waals surface area contributed by atoms with Crippen LogP contribution in [-0.4, -0.2) is 249 Å². The summed E-state index contributed by atoms with van der Waals surface area (Å²) in [6.45, 7) is 17.3. The van der Waals surface area contributed by atoms with Crippen molar-refractivity contribution in [1.29, 1.82) is 5.26 Å². The lowest BCUT2D eigenvalue weighted by molar-refractivity contribution is 0.158. The number of nitriles is 1. The molecule has 0 bridgehead atoms. The van der Waals surface area contributed by atoms with Crippen molar-refractivity contribution in [2.45, 2.75) is 104 Å². The van der Waals surface area contributed by atoms with Crippen LogP contribution < -0.4 is 58.1 Å². The second kappa shape index (κ2) is 51.1. The maximum Gasteiger partial charge on any atom is 0.128 e. The Morgan fingerprint density at radius 2 is 0.762 bits per heavy atom. The van der Waals surface area contributed by atoms with Crippen LogP contribution in [0.25, 0.3) is 89.2 Å². The number of aromatic nitrogens is 18. The number of benzene rings is 8. The van der Waals surface area contributed by atoms with Gasteiger partial charge >= 0.3 is 0 Å². The van der Waals surface area contributed by atoms with Gasteiger partial charge in [-0.15, -0.1) is 0 Å². The van der Waals surface area contributed by atoms with E-state index in [1.54, 1.807) is 111 Å². The van der Waals surface area contributed by atoms with Gasteiger partial charge in [0.15, 0.2) is 0 Å². The molecular formula is C109H129FN26O9S2. The van der Waals surface area contributed by atoms with Crippen LogP contribution in [0.1, 0.15) is 70.3 Å². The SMILES string of the molecule is COc1cc(F)cc(N(CCCN2CCC[C@H]2CO)c2ccc3ncc(-c4cnn(C)c4)nc3c2)c1.COc1cc(OC)cc(N(CCCn2cc(C)nc2C)c2ccc3ncc(-c4cnn(C)c4)nc3c2)c1.COc1cc(OC)cc(N(CCN2CCC[C@H]2CC#N)c2ccc3ncc(-c4cnn(C)c4)nc3c2)c1.COc1cc(OC)cc(N(CCNC(C)C)c2ccc3ncc(-c4cnn(CCO)c4)nc3c2)c1.S.S. The maximum atomic E-state index is 14.5. The van der Waals surface area contributed by atoms with Crippen LogP contribution in [0.5, 0.6) is 40.2 Å². The van der Waals surface area contributed by atoms with Crippen molar-refractivity contribution in [3.8, 4) is 91.3 Å². The number of aliphatic hydroxyl groups is 2. The summed E-state index contributed by atoms with van der Waals surface area (Å²) in [5.74, 6) is 5.51. The number of hydrogen-bond acceptors (Lipinski definition) is 30.